The molecule has 0 aliphatic carbocycles. The summed E-state index contributed by atoms with van der Waals surface area (Å²) < 4.78 is 1.77. The molecule has 7 nitrogen and oxygen atoms in total. The van der Waals surface area contributed by atoms with Gasteiger partial charge in [-0.05, 0) is 42.9 Å². The van der Waals surface area contributed by atoms with E-state index in [0.717, 1.165) is 28.3 Å². The molecule has 0 fully saturated rings. The minimum atomic E-state index is -0.414. The first kappa shape index (κ1) is 19.2. The number of pyridine rings is 1. The number of rotatable bonds is 5. The Balaban J connectivity index is 1.77. The van der Waals surface area contributed by atoms with Crippen molar-refractivity contribution in [3.05, 3.63) is 71.2 Å². The van der Waals surface area contributed by atoms with Crippen LogP contribution in [0.2, 0.25) is 0 Å². The zero-order valence-corrected chi connectivity index (χ0v) is 17.3. The third-order valence-corrected chi connectivity index (χ3v) is 5.46. The largest absolute Gasteiger partial charge is 0.328 e. The summed E-state index contributed by atoms with van der Waals surface area (Å²) in [6, 6.07) is 11.1. The van der Waals surface area contributed by atoms with Crippen LogP contribution in [0.4, 0.5) is 11.6 Å². The van der Waals surface area contributed by atoms with Crippen LogP contribution >= 0.6 is 11.8 Å². The van der Waals surface area contributed by atoms with E-state index in [4.69, 9.17) is 0 Å². The van der Waals surface area contributed by atoms with E-state index in [-0.39, 0.29) is 5.91 Å². The van der Waals surface area contributed by atoms with Crippen LogP contribution in [0.5, 0.6) is 0 Å². The molecule has 3 aromatic rings. The first-order valence-electron chi connectivity index (χ1n) is 9.42. The van der Waals surface area contributed by atoms with E-state index in [1.165, 1.54) is 0 Å². The Labute approximate surface area is 173 Å². The first-order valence-corrected chi connectivity index (χ1v) is 10.4. The van der Waals surface area contributed by atoms with Gasteiger partial charge in [-0.2, -0.15) is 4.98 Å². The van der Waals surface area contributed by atoms with Crippen LogP contribution in [-0.2, 0) is 4.79 Å². The summed E-state index contributed by atoms with van der Waals surface area (Å²) in [5.41, 5.74) is 4.00. The number of hydrogen-bond donors (Lipinski definition) is 2. The van der Waals surface area contributed by atoms with E-state index in [0.29, 0.717) is 16.7 Å². The number of hydrogen-bond acceptors (Lipinski definition) is 6. The maximum Gasteiger partial charge on any atom is 0.255 e. The Morgan fingerprint density at radius 2 is 2.07 bits per heavy atom. The van der Waals surface area contributed by atoms with E-state index >= 15 is 0 Å². The van der Waals surface area contributed by atoms with Crippen molar-refractivity contribution in [1.29, 1.82) is 0 Å². The maximum absolute atomic E-state index is 13.4. The number of benzene rings is 1. The van der Waals surface area contributed by atoms with Gasteiger partial charge in [0.25, 0.3) is 5.91 Å². The average molecular weight is 407 g/mol. The molecule has 0 unspecified atom stereocenters. The number of anilines is 2. The molecule has 2 aromatic heterocycles. The maximum atomic E-state index is 13.4. The van der Waals surface area contributed by atoms with Gasteiger partial charge in [-0.1, -0.05) is 43.0 Å². The van der Waals surface area contributed by atoms with Crippen molar-refractivity contribution < 1.29 is 4.79 Å². The van der Waals surface area contributed by atoms with Crippen molar-refractivity contribution in [1.82, 2.24) is 19.7 Å². The Bertz CT molecular complexity index is 1080. The molecule has 0 bridgehead atoms. The molecule has 1 atom stereocenters. The van der Waals surface area contributed by atoms with E-state index in [1.807, 2.05) is 50.2 Å². The van der Waals surface area contributed by atoms with Crippen molar-refractivity contribution >= 4 is 29.3 Å². The average Bonchev–Trinajstić information content (AvgIpc) is 3.11. The van der Waals surface area contributed by atoms with Crippen LogP contribution in [0.15, 0.2) is 65.2 Å². The van der Waals surface area contributed by atoms with Gasteiger partial charge >= 0.3 is 0 Å². The second-order valence-electron chi connectivity index (χ2n) is 6.72. The zero-order valence-electron chi connectivity index (χ0n) is 16.5. The number of fused-ring (bicyclic) bond motifs is 1. The molecule has 1 aliphatic heterocycles. The van der Waals surface area contributed by atoms with Gasteiger partial charge in [0.2, 0.25) is 11.1 Å². The highest BCUT2D eigenvalue weighted by molar-refractivity contribution is 7.99. The van der Waals surface area contributed by atoms with Gasteiger partial charge in [0.05, 0.1) is 5.57 Å². The first-order chi connectivity index (χ1) is 14.1. The molecule has 2 N–H and O–H groups in total. The highest BCUT2D eigenvalue weighted by atomic mass is 32.2. The third kappa shape index (κ3) is 3.75. The highest BCUT2D eigenvalue weighted by Gasteiger charge is 2.34. The summed E-state index contributed by atoms with van der Waals surface area (Å²) in [6.07, 6.45) is 3.48. The Morgan fingerprint density at radius 3 is 2.79 bits per heavy atom. The monoisotopic (exact) mass is 406 g/mol. The lowest BCUT2D eigenvalue weighted by molar-refractivity contribution is -0.113. The van der Waals surface area contributed by atoms with Gasteiger partial charge < -0.3 is 10.6 Å². The van der Waals surface area contributed by atoms with E-state index in [9.17, 15) is 4.79 Å². The number of amides is 1. The molecule has 0 saturated carbocycles. The molecule has 29 heavy (non-hydrogen) atoms. The van der Waals surface area contributed by atoms with Crippen LogP contribution in [-0.4, -0.2) is 31.4 Å². The minimum Gasteiger partial charge on any atom is -0.328 e. The number of aryl methyl sites for hydroxylation is 1. The van der Waals surface area contributed by atoms with Gasteiger partial charge in [-0.3, -0.25) is 9.78 Å². The quantitative estimate of drug-likeness (QED) is 0.623. The molecular formula is C21H22N6OS. The number of nitrogens with zero attached hydrogens (tertiary/aromatic N) is 4. The van der Waals surface area contributed by atoms with Gasteiger partial charge in [0, 0.05) is 23.8 Å². The minimum absolute atomic E-state index is 0.177. The summed E-state index contributed by atoms with van der Waals surface area (Å²) >= 11 is 1.56. The Morgan fingerprint density at radius 1 is 1.24 bits per heavy atom. The number of thioether (sulfide) groups is 1. The predicted octanol–water partition coefficient (Wildman–Crippen LogP) is 4.02. The summed E-state index contributed by atoms with van der Waals surface area (Å²) in [7, 11) is 0. The standard InChI is InChI=1S/C21H22N6OS/c1-4-29-21-25-20-23-14(3)17(19(28)24-16-10-6-5-8-13(16)2)18(27(20)26-21)15-9-7-11-22-12-15/h5-12,18H,4H2,1-3H3,(H,24,28)(H,23,25,26)/t18-/m1/s1. The molecule has 148 valence electrons. The number of allylic oxidation sites excluding steroid dienone is 1. The number of aromatic nitrogens is 4. The van der Waals surface area contributed by atoms with Crippen molar-refractivity contribution in [2.45, 2.75) is 32.0 Å². The predicted molar refractivity (Wildman–Crippen MR) is 115 cm³/mol. The summed E-state index contributed by atoms with van der Waals surface area (Å²) in [5, 5.41) is 11.6. The molecular weight excluding hydrogens is 384 g/mol. The molecule has 0 spiro atoms. The van der Waals surface area contributed by atoms with Crippen molar-refractivity contribution in [2.75, 3.05) is 16.4 Å². The van der Waals surface area contributed by atoms with E-state index < -0.39 is 6.04 Å². The van der Waals surface area contributed by atoms with Crippen LogP contribution in [0.25, 0.3) is 0 Å². The lowest BCUT2D eigenvalue weighted by Gasteiger charge is -2.28. The number of nitrogens with one attached hydrogen (secondary N) is 2. The number of carbonyl (C=O) groups is 1. The second-order valence-corrected chi connectivity index (χ2v) is 7.95. The fraction of sp³-hybridized carbons (Fsp3) is 0.238. The zero-order chi connectivity index (χ0) is 20.4. The Kier molecular flexibility index (Phi) is 5.35. The molecule has 3 heterocycles. The number of carbonyl (C=O) groups excluding carboxylic acids is 1. The molecule has 1 aliphatic rings. The highest BCUT2D eigenvalue weighted by Crippen LogP contribution is 2.36. The summed E-state index contributed by atoms with van der Waals surface area (Å²) in [6.45, 7) is 5.92. The van der Waals surface area contributed by atoms with Gasteiger partial charge in [-0.25, -0.2) is 4.68 Å². The lowest BCUT2D eigenvalue weighted by atomic mass is 9.96. The lowest BCUT2D eigenvalue weighted by Crippen LogP contribution is -2.31. The third-order valence-electron chi connectivity index (χ3n) is 4.74. The smallest absolute Gasteiger partial charge is 0.255 e. The van der Waals surface area contributed by atoms with Crippen LogP contribution in [0.3, 0.4) is 0 Å². The molecule has 0 saturated heterocycles. The molecule has 8 heteroatoms. The van der Waals surface area contributed by atoms with Crippen LogP contribution in [0, 0.1) is 6.92 Å². The second kappa shape index (κ2) is 8.08. The summed E-state index contributed by atoms with van der Waals surface area (Å²) in [5.74, 6) is 1.32. The molecule has 4 rings (SSSR count). The molecule has 0 radical (unpaired) electrons. The van der Waals surface area contributed by atoms with E-state index in [2.05, 4.69) is 32.6 Å². The Hall–Kier alpha value is -3.13. The van der Waals surface area contributed by atoms with E-state index in [1.54, 1.807) is 28.8 Å². The number of para-hydroxylation sites is 1. The van der Waals surface area contributed by atoms with Gasteiger partial charge in [0.1, 0.15) is 6.04 Å². The van der Waals surface area contributed by atoms with Gasteiger partial charge in [-0.15, -0.1) is 5.10 Å². The molecule has 1 aromatic carbocycles. The van der Waals surface area contributed by atoms with Crippen LogP contribution in [0.1, 0.15) is 31.0 Å². The fourth-order valence-corrected chi connectivity index (χ4v) is 3.92. The SMILES string of the molecule is CCSc1nc2n(n1)[C@H](c1cccnc1)C(C(=O)Nc1ccccc1C)=C(C)N2. The fourth-order valence-electron chi connectivity index (χ4n) is 3.36. The van der Waals surface area contributed by atoms with Crippen LogP contribution < -0.4 is 10.6 Å². The topological polar surface area (TPSA) is 84.7 Å². The molecule has 1 amide bonds. The van der Waals surface area contributed by atoms with Gasteiger partial charge in [0.15, 0.2) is 0 Å². The normalized spacial score (nSPS) is 15.6. The van der Waals surface area contributed by atoms with Crippen molar-refractivity contribution in [3.63, 3.8) is 0 Å². The van der Waals surface area contributed by atoms with Crippen molar-refractivity contribution in [2.24, 2.45) is 0 Å². The summed E-state index contributed by atoms with van der Waals surface area (Å²) in [4.78, 5) is 22.2. The van der Waals surface area contributed by atoms with Crippen molar-refractivity contribution in [3.8, 4) is 0 Å².